The van der Waals surface area contributed by atoms with E-state index in [9.17, 15) is 4.79 Å². The lowest BCUT2D eigenvalue weighted by molar-refractivity contribution is -0.123. The van der Waals surface area contributed by atoms with Gasteiger partial charge >= 0.3 is 0 Å². The highest BCUT2D eigenvalue weighted by molar-refractivity contribution is 5.88. The molecule has 1 aromatic carbocycles. The van der Waals surface area contributed by atoms with Crippen molar-refractivity contribution in [2.45, 2.75) is 39.3 Å². The number of anilines is 1. The number of rotatable bonds is 3. The number of nitrogens with one attached hydrogen (secondary N) is 1. The summed E-state index contributed by atoms with van der Waals surface area (Å²) in [6, 6.07) is 6.30. The standard InChI is InChI=1S/C15H23N3O/c1-4-12-7-5-6-10(2)14(12)18-11(3)9-17-15(19)13(18)8-16/h5-7,11,13H,4,8-9,16H2,1-3H3,(H,17,19). The van der Waals surface area contributed by atoms with Gasteiger partial charge in [-0.1, -0.05) is 25.1 Å². The molecule has 19 heavy (non-hydrogen) atoms. The van der Waals surface area contributed by atoms with Crippen LogP contribution >= 0.6 is 0 Å². The lowest BCUT2D eigenvalue weighted by Crippen LogP contribution is -2.62. The molecule has 1 heterocycles. The van der Waals surface area contributed by atoms with Gasteiger partial charge in [-0.05, 0) is 31.4 Å². The van der Waals surface area contributed by atoms with Gasteiger partial charge in [-0.3, -0.25) is 4.79 Å². The number of amides is 1. The number of aryl methyl sites for hydroxylation is 2. The molecule has 1 aromatic rings. The van der Waals surface area contributed by atoms with Crippen LogP contribution in [0.25, 0.3) is 0 Å². The second-order valence-corrected chi connectivity index (χ2v) is 5.19. The lowest BCUT2D eigenvalue weighted by atomic mass is 9.99. The molecule has 3 N–H and O–H groups in total. The number of piperazine rings is 1. The Labute approximate surface area is 115 Å². The topological polar surface area (TPSA) is 58.4 Å². The number of carbonyl (C=O) groups is 1. The molecular weight excluding hydrogens is 238 g/mol. The summed E-state index contributed by atoms with van der Waals surface area (Å²) < 4.78 is 0. The molecule has 0 bridgehead atoms. The van der Waals surface area contributed by atoms with Gasteiger partial charge in [0.25, 0.3) is 0 Å². The van der Waals surface area contributed by atoms with Gasteiger partial charge < -0.3 is 16.0 Å². The average Bonchev–Trinajstić information content (AvgIpc) is 2.41. The molecule has 0 radical (unpaired) electrons. The minimum absolute atomic E-state index is 0.0332. The largest absolute Gasteiger partial charge is 0.354 e. The third kappa shape index (κ3) is 2.45. The molecule has 1 aliphatic rings. The van der Waals surface area contributed by atoms with E-state index in [0.717, 1.165) is 6.42 Å². The molecule has 2 atom stereocenters. The number of carbonyl (C=O) groups excluding carboxylic acids is 1. The Kier molecular flexibility index (Phi) is 4.10. The number of nitrogens with zero attached hydrogens (tertiary/aromatic N) is 1. The summed E-state index contributed by atoms with van der Waals surface area (Å²) in [6.07, 6.45) is 0.957. The highest BCUT2D eigenvalue weighted by atomic mass is 16.2. The number of nitrogens with two attached hydrogens (primary N) is 1. The fraction of sp³-hybridized carbons (Fsp3) is 0.533. The van der Waals surface area contributed by atoms with Crippen molar-refractivity contribution in [2.24, 2.45) is 5.73 Å². The average molecular weight is 261 g/mol. The van der Waals surface area contributed by atoms with Gasteiger partial charge in [0.05, 0.1) is 0 Å². The monoisotopic (exact) mass is 261 g/mol. The Bertz CT molecular complexity index is 472. The second kappa shape index (κ2) is 5.61. The first-order chi connectivity index (χ1) is 9.10. The van der Waals surface area contributed by atoms with E-state index in [1.807, 2.05) is 0 Å². The molecule has 4 heteroatoms. The lowest BCUT2D eigenvalue weighted by Gasteiger charge is -2.43. The molecule has 0 spiro atoms. The van der Waals surface area contributed by atoms with Crippen molar-refractivity contribution in [3.05, 3.63) is 29.3 Å². The molecule has 2 rings (SSSR count). The highest BCUT2D eigenvalue weighted by Crippen LogP contribution is 2.30. The van der Waals surface area contributed by atoms with Crippen molar-refractivity contribution in [1.29, 1.82) is 0 Å². The van der Waals surface area contributed by atoms with Crippen molar-refractivity contribution in [2.75, 3.05) is 18.0 Å². The molecule has 1 amide bonds. The van der Waals surface area contributed by atoms with Gasteiger partial charge in [-0.25, -0.2) is 0 Å². The van der Waals surface area contributed by atoms with Crippen LogP contribution in [0.1, 0.15) is 25.0 Å². The fourth-order valence-corrected chi connectivity index (χ4v) is 2.87. The normalized spacial score (nSPS) is 23.4. The van der Waals surface area contributed by atoms with Crippen LogP contribution in [0, 0.1) is 6.92 Å². The molecule has 1 fully saturated rings. The van der Waals surface area contributed by atoms with E-state index >= 15 is 0 Å². The van der Waals surface area contributed by atoms with Gasteiger partial charge in [0.2, 0.25) is 5.91 Å². The zero-order chi connectivity index (χ0) is 14.0. The van der Waals surface area contributed by atoms with Gasteiger partial charge in [0.1, 0.15) is 6.04 Å². The maximum atomic E-state index is 12.0. The zero-order valence-corrected chi connectivity index (χ0v) is 11.9. The number of hydrogen-bond donors (Lipinski definition) is 2. The van der Waals surface area contributed by atoms with Crippen molar-refractivity contribution in [1.82, 2.24) is 5.32 Å². The SMILES string of the molecule is CCc1cccc(C)c1N1C(C)CNC(=O)C1CN. The van der Waals surface area contributed by atoms with Gasteiger partial charge in [-0.2, -0.15) is 0 Å². The van der Waals surface area contributed by atoms with E-state index in [2.05, 4.69) is 49.2 Å². The first-order valence-electron chi connectivity index (χ1n) is 6.94. The van der Waals surface area contributed by atoms with E-state index in [0.29, 0.717) is 13.1 Å². The van der Waals surface area contributed by atoms with Crippen molar-refractivity contribution >= 4 is 11.6 Å². The molecule has 0 aromatic heterocycles. The highest BCUT2D eigenvalue weighted by Gasteiger charge is 2.34. The van der Waals surface area contributed by atoms with Crippen molar-refractivity contribution in [3.8, 4) is 0 Å². The van der Waals surface area contributed by atoms with Crippen LogP contribution in [0.2, 0.25) is 0 Å². The number of benzene rings is 1. The van der Waals surface area contributed by atoms with E-state index in [1.165, 1.54) is 16.8 Å². The Hall–Kier alpha value is -1.55. The number of para-hydroxylation sites is 1. The summed E-state index contributed by atoms with van der Waals surface area (Å²) in [4.78, 5) is 14.2. The van der Waals surface area contributed by atoms with Gasteiger partial charge in [0.15, 0.2) is 0 Å². The Balaban J connectivity index is 2.50. The summed E-state index contributed by atoms with van der Waals surface area (Å²) in [5.74, 6) is 0.0332. The minimum Gasteiger partial charge on any atom is -0.354 e. The Morgan fingerprint density at radius 3 is 2.84 bits per heavy atom. The van der Waals surface area contributed by atoms with Crippen LogP contribution in [0.5, 0.6) is 0 Å². The minimum atomic E-state index is -0.268. The summed E-state index contributed by atoms with van der Waals surface area (Å²) in [7, 11) is 0. The summed E-state index contributed by atoms with van der Waals surface area (Å²) in [5.41, 5.74) is 9.49. The smallest absolute Gasteiger partial charge is 0.244 e. The molecular formula is C15H23N3O. The van der Waals surface area contributed by atoms with Crippen LogP contribution in [-0.2, 0) is 11.2 Å². The van der Waals surface area contributed by atoms with Crippen molar-refractivity contribution < 1.29 is 4.79 Å². The predicted molar refractivity (Wildman–Crippen MR) is 78.4 cm³/mol. The van der Waals surface area contributed by atoms with E-state index in [1.54, 1.807) is 0 Å². The van der Waals surface area contributed by atoms with Crippen LogP contribution in [0.15, 0.2) is 18.2 Å². The van der Waals surface area contributed by atoms with E-state index in [4.69, 9.17) is 5.73 Å². The summed E-state index contributed by atoms with van der Waals surface area (Å²) in [5, 5.41) is 2.93. The van der Waals surface area contributed by atoms with E-state index in [-0.39, 0.29) is 18.0 Å². The van der Waals surface area contributed by atoms with Crippen LogP contribution < -0.4 is 16.0 Å². The quantitative estimate of drug-likeness (QED) is 0.860. The third-order valence-electron chi connectivity index (χ3n) is 3.87. The first-order valence-corrected chi connectivity index (χ1v) is 6.94. The summed E-state index contributed by atoms with van der Waals surface area (Å²) >= 11 is 0. The molecule has 4 nitrogen and oxygen atoms in total. The molecule has 104 valence electrons. The Morgan fingerprint density at radius 1 is 1.47 bits per heavy atom. The molecule has 1 saturated heterocycles. The molecule has 0 aliphatic carbocycles. The van der Waals surface area contributed by atoms with E-state index < -0.39 is 0 Å². The van der Waals surface area contributed by atoms with Gasteiger partial charge in [-0.15, -0.1) is 0 Å². The third-order valence-corrected chi connectivity index (χ3v) is 3.87. The maximum absolute atomic E-state index is 12.0. The molecule has 2 unspecified atom stereocenters. The zero-order valence-electron chi connectivity index (χ0n) is 11.9. The first kappa shape index (κ1) is 13.9. The van der Waals surface area contributed by atoms with Crippen LogP contribution in [-0.4, -0.2) is 31.1 Å². The second-order valence-electron chi connectivity index (χ2n) is 5.19. The number of hydrogen-bond acceptors (Lipinski definition) is 3. The van der Waals surface area contributed by atoms with Crippen molar-refractivity contribution in [3.63, 3.8) is 0 Å². The molecule has 1 aliphatic heterocycles. The van der Waals surface area contributed by atoms with Crippen LogP contribution in [0.3, 0.4) is 0 Å². The fourth-order valence-electron chi connectivity index (χ4n) is 2.87. The Morgan fingerprint density at radius 2 is 2.21 bits per heavy atom. The summed E-state index contributed by atoms with van der Waals surface area (Å²) in [6.45, 7) is 7.39. The molecule has 0 saturated carbocycles. The van der Waals surface area contributed by atoms with Gasteiger partial charge in [0, 0.05) is 24.8 Å². The predicted octanol–water partition coefficient (Wildman–Crippen LogP) is 1.21. The van der Waals surface area contributed by atoms with Crippen LogP contribution in [0.4, 0.5) is 5.69 Å². The maximum Gasteiger partial charge on any atom is 0.244 e.